The van der Waals surface area contributed by atoms with Crippen LogP contribution in [-0.2, 0) is 13.6 Å². The lowest BCUT2D eigenvalue weighted by atomic mass is 10.0. The van der Waals surface area contributed by atoms with Gasteiger partial charge in [0.15, 0.2) is 5.82 Å². The molecule has 0 saturated carbocycles. The Morgan fingerprint density at radius 1 is 1.26 bits per heavy atom. The fourth-order valence-electron chi connectivity index (χ4n) is 3.50. The molecule has 1 aliphatic rings. The molecule has 1 unspecified atom stereocenters. The number of rotatable bonds is 4. The van der Waals surface area contributed by atoms with Gasteiger partial charge >= 0.3 is 0 Å². The van der Waals surface area contributed by atoms with E-state index < -0.39 is 0 Å². The van der Waals surface area contributed by atoms with Crippen molar-refractivity contribution in [1.82, 2.24) is 24.6 Å². The minimum atomic E-state index is 0.633. The molecule has 0 bridgehead atoms. The molecule has 120 valence electrons. The highest BCUT2D eigenvalue weighted by molar-refractivity contribution is 5.94. The monoisotopic (exact) mass is 309 g/mol. The summed E-state index contributed by atoms with van der Waals surface area (Å²) in [4.78, 5) is 4.53. The Kier molecular flexibility index (Phi) is 3.87. The quantitative estimate of drug-likeness (QED) is 0.806. The van der Waals surface area contributed by atoms with Crippen molar-refractivity contribution in [1.29, 1.82) is 0 Å². The maximum absolute atomic E-state index is 4.69. The molecule has 2 aromatic heterocycles. The molecule has 3 heterocycles. The van der Waals surface area contributed by atoms with Crippen LogP contribution in [0.3, 0.4) is 0 Å². The topological polar surface area (TPSA) is 47.7 Å². The van der Waals surface area contributed by atoms with Gasteiger partial charge in [0.1, 0.15) is 6.33 Å². The molecule has 1 atom stereocenters. The van der Waals surface area contributed by atoms with Crippen molar-refractivity contribution in [2.45, 2.75) is 38.3 Å². The number of piperidine rings is 1. The van der Waals surface area contributed by atoms with Gasteiger partial charge in [0.25, 0.3) is 0 Å². The van der Waals surface area contributed by atoms with Crippen molar-refractivity contribution in [3.63, 3.8) is 0 Å². The zero-order valence-electron chi connectivity index (χ0n) is 13.6. The average Bonchev–Trinajstić information content (AvgIpc) is 3.19. The van der Waals surface area contributed by atoms with Crippen LogP contribution in [0.25, 0.3) is 22.3 Å². The van der Waals surface area contributed by atoms with E-state index in [2.05, 4.69) is 52.4 Å². The van der Waals surface area contributed by atoms with Gasteiger partial charge in [-0.1, -0.05) is 24.6 Å². The van der Waals surface area contributed by atoms with Crippen molar-refractivity contribution in [3.8, 4) is 11.4 Å². The van der Waals surface area contributed by atoms with Crippen LogP contribution in [0, 0.1) is 0 Å². The highest BCUT2D eigenvalue weighted by atomic mass is 15.3. The number of hydrogen-bond acceptors (Lipinski definition) is 3. The Bertz CT molecular complexity index is 795. The maximum atomic E-state index is 4.69. The second kappa shape index (κ2) is 6.16. The predicted octanol–water partition coefficient (Wildman–Crippen LogP) is 2.97. The van der Waals surface area contributed by atoms with Crippen molar-refractivity contribution < 1.29 is 0 Å². The Labute approximate surface area is 136 Å². The summed E-state index contributed by atoms with van der Waals surface area (Å²) in [7, 11) is 2.07. The van der Waals surface area contributed by atoms with E-state index in [0.717, 1.165) is 30.9 Å². The lowest BCUT2D eigenvalue weighted by Crippen LogP contribution is -2.34. The predicted molar refractivity (Wildman–Crippen MR) is 92.2 cm³/mol. The summed E-state index contributed by atoms with van der Waals surface area (Å²) in [5, 5.41) is 9.49. The Balaban J connectivity index is 1.52. The van der Waals surface area contributed by atoms with E-state index in [-0.39, 0.29) is 0 Å². The summed E-state index contributed by atoms with van der Waals surface area (Å²) in [6.07, 6.45) is 9.04. The smallest absolute Gasteiger partial charge is 0.183 e. The van der Waals surface area contributed by atoms with E-state index in [0.29, 0.717) is 6.04 Å². The third-order valence-electron chi connectivity index (χ3n) is 4.79. The molecule has 1 aromatic carbocycles. The molecule has 1 N–H and O–H groups in total. The molecule has 0 aliphatic carbocycles. The van der Waals surface area contributed by atoms with Crippen LogP contribution in [-0.4, -0.2) is 31.9 Å². The molecule has 5 nitrogen and oxygen atoms in total. The van der Waals surface area contributed by atoms with Crippen LogP contribution in [0.5, 0.6) is 0 Å². The number of benzene rings is 1. The lowest BCUT2D eigenvalue weighted by Gasteiger charge is -2.23. The van der Waals surface area contributed by atoms with Crippen molar-refractivity contribution in [3.05, 3.63) is 36.8 Å². The van der Waals surface area contributed by atoms with Crippen LogP contribution in [0.2, 0.25) is 0 Å². The maximum Gasteiger partial charge on any atom is 0.183 e. The molecule has 1 fully saturated rings. The second-order valence-electron chi connectivity index (χ2n) is 6.44. The average molecular weight is 309 g/mol. The molecular weight excluding hydrogens is 286 g/mol. The first kappa shape index (κ1) is 14.5. The van der Waals surface area contributed by atoms with Gasteiger partial charge in [-0.25, -0.2) is 4.98 Å². The number of hydrogen-bond donors (Lipinski definition) is 1. The van der Waals surface area contributed by atoms with Gasteiger partial charge in [-0.15, -0.1) is 0 Å². The zero-order chi connectivity index (χ0) is 15.6. The van der Waals surface area contributed by atoms with Crippen molar-refractivity contribution >= 4 is 10.9 Å². The van der Waals surface area contributed by atoms with Gasteiger partial charge in [-0.2, -0.15) is 5.10 Å². The van der Waals surface area contributed by atoms with Crippen molar-refractivity contribution in [2.75, 3.05) is 6.54 Å². The van der Waals surface area contributed by atoms with Crippen molar-refractivity contribution in [2.24, 2.45) is 7.05 Å². The third-order valence-corrected chi connectivity index (χ3v) is 4.79. The first-order valence-corrected chi connectivity index (χ1v) is 8.48. The molecule has 1 saturated heterocycles. The van der Waals surface area contributed by atoms with E-state index in [1.165, 1.54) is 30.2 Å². The van der Waals surface area contributed by atoms with Gasteiger partial charge in [0.05, 0.1) is 0 Å². The molecule has 0 amide bonds. The number of para-hydroxylation sites is 1. The van der Waals surface area contributed by atoms with E-state index in [4.69, 9.17) is 5.10 Å². The van der Waals surface area contributed by atoms with E-state index >= 15 is 0 Å². The van der Waals surface area contributed by atoms with Gasteiger partial charge in [-0.3, -0.25) is 4.68 Å². The number of nitrogens with zero attached hydrogens (tertiary/aromatic N) is 4. The fourth-order valence-corrected chi connectivity index (χ4v) is 3.50. The summed E-state index contributed by atoms with van der Waals surface area (Å²) in [6.45, 7) is 2.08. The second-order valence-corrected chi connectivity index (χ2v) is 6.44. The number of fused-ring (bicyclic) bond motifs is 1. The first-order chi connectivity index (χ1) is 11.3. The molecule has 23 heavy (non-hydrogen) atoms. The standard InChI is InChI=1S/C18H23N5/c1-22-12-16(15-7-2-3-8-17(15)22)18-20-13-23(21-18)11-9-14-6-4-5-10-19-14/h2-3,7-8,12-14,19H,4-6,9-11H2,1H3. The highest BCUT2D eigenvalue weighted by Crippen LogP contribution is 2.27. The van der Waals surface area contributed by atoms with E-state index in [1.807, 2.05) is 11.0 Å². The van der Waals surface area contributed by atoms with Crippen LogP contribution in [0.15, 0.2) is 36.8 Å². The highest BCUT2D eigenvalue weighted by Gasteiger charge is 2.14. The van der Waals surface area contributed by atoms with Gasteiger partial charge < -0.3 is 9.88 Å². The molecule has 1 aliphatic heterocycles. The number of aryl methyl sites for hydroxylation is 2. The van der Waals surface area contributed by atoms with Crippen LogP contribution in [0.4, 0.5) is 0 Å². The summed E-state index contributed by atoms with van der Waals surface area (Å²) >= 11 is 0. The summed E-state index contributed by atoms with van der Waals surface area (Å²) < 4.78 is 4.12. The SMILES string of the molecule is Cn1cc(-c2ncn(CCC3CCCCN3)n2)c2ccccc21. The molecular formula is C18H23N5. The zero-order valence-corrected chi connectivity index (χ0v) is 13.6. The molecule has 0 radical (unpaired) electrons. The molecule has 3 aromatic rings. The number of aromatic nitrogens is 4. The van der Waals surface area contributed by atoms with Crippen LogP contribution >= 0.6 is 0 Å². The minimum Gasteiger partial charge on any atom is -0.350 e. The summed E-state index contributed by atoms with van der Waals surface area (Å²) in [5.74, 6) is 0.818. The normalized spacial score (nSPS) is 18.6. The largest absolute Gasteiger partial charge is 0.350 e. The fraction of sp³-hybridized carbons (Fsp3) is 0.444. The lowest BCUT2D eigenvalue weighted by molar-refractivity contribution is 0.360. The Morgan fingerprint density at radius 2 is 2.17 bits per heavy atom. The summed E-state index contributed by atoms with van der Waals surface area (Å²) in [6, 6.07) is 9.03. The van der Waals surface area contributed by atoms with E-state index in [1.54, 1.807) is 0 Å². The molecule has 0 spiro atoms. The minimum absolute atomic E-state index is 0.633. The first-order valence-electron chi connectivity index (χ1n) is 8.48. The number of nitrogens with one attached hydrogen (secondary N) is 1. The van der Waals surface area contributed by atoms with E-state index in [9.17, 15) is 0 Å². The van der Waals surface area contributed by atoms with Gasteiger partial charge in [-0.05, 0) is 31.9 Å². The Morgan fingerprint density at radius 3 is 3.04 bits per heavy atom. The van der Waals surface area contributed by atoms with Crippen LogP contribution < -0.4 is 5.32 Å². The molecule has 5 heteroatoms. The van der Waals surface area contributed by atoms with Gasteiger partial charge in [0.2, 0.25) is 0 Å². The molecule has 4 rings (SSSR count). The van der Waals surface area contributed by atoms with Gasteiger partial charge in [0, 0.05) is 42.3 Å². The Hall–Kier alpha value is -2.14. The third kappa shape index (κ3) is 2.88. The van der Waals surface area contributed by atoms with Crippen LogP contribution in [0.1, 0.15) is 25.7 Å². The summed E-state index contributed by atoms with van der Waals surface area (Å²) in [5.41, 5.74) is 2.32.